The lowest BCUT2D eigenvalue weighted by molar-refractivity contribution is 0.102. The number of nitrogens with one attached hydrogen (secondary N) is 2. The quantitative estimate of drug-likeness (QED) is 0.334. The molecule has 1 aliphatic rings. The van der Waals surface area contributed by atoms with E-state index in [0.29, 0.717) is 16.5 Å². The monoisotopic (exact) mass is 393 g/mol. The normalized spacial score (nSPS) is 14.0. The van der Waals surface area contributed by atoms with Crippen LogP contribution < -0.4 is 15.7 Å². The maximum atomic E-state index is 12.7. The third-order valence-electron chi connectivity index (χ3n) is 5.32. The Labute approximate surface area is 168 Å². The van der Waals surface area contributed by atoms with Crippen molar-refractivity contribution < 1.29 is 20.2 Å². The highest BCUT2D eigenvalue weighted by Gasteiger charge is 2.16. The van der Waals surface area contributed by atoms with E-state index in [1.165, 1.54) is 37.5 Å². The summed E-state index contributed by atoms with van der Waals surface area (Å²) in [5, 5.41) is 33.1. The number of piperidine rings is 1. The summed E-state index contributed by atoms with van der Waals surface area (Å²) in [5.41, 5.74) is 3.88. The van der Waals surface area contributed by atoms with Crippen molar-refractivity contribution >= 4 is 33.7 Å². The van der Waals surface area contributed by atoms with Crippen LogP contribution in [0.1, 0.15) is 29.6 Å². The molecule has 1 heterocycles. The molecule has 3 aromatic carbocycles. The highest BCUT2D eigenvalue weighted by molar-refractivity contribution is 6.09. The molecule has 0 atom stereocenters. The van der Waals surface area contributed by atoms with Crippen molar-refractivity contribution in [2.45, 2.75) is 19.3 Å². The Morgan fingerprint density at radius 2 is 1.66 bits per heavy atom. The minimum atomic E-state index is -0.445. The minimum absolute atomic E-state index is 0.0988. The molecule has 0 saturated carbocycles. The molecule has 150 valence electrons. The second kappa shape index (κ2) is 7.89. The van der Waals surface area contributed by atoms with Gasteiger partial charge in [0.05, 0.1) is 5.56 Å². The smallest absolute Gasteiger partial charge is 0.259 e. The van der Waals surface area contributed by atoms with E-state index in [4.69, 9.17) is 5.21 Å². The molecule has 7 nitrogen and oxygen atoms in total. The second-order valence-electron chi connectivity index (χ2n) is 7.21. The average Bonchev–Trinajstić information content (AvgIpc) is 2.75. The standard InChI is InChI=1S/C22H23N3O4/c26-20-13-17-14(4-9-19(24-29)21(17)27)12-18(20)22(28)23-15-5-7-16(8-6-15)25-10-2-1-3-11-25/h4-9,12-13,24,26-27,29H,1-3,10-11H2,(H,23,28). The van der Waals surface area contributed by atoms with Crippen molar-refractivity contribution in [3.8, 4) is 11.5 Å². The maximum absolute atomic E-state index is 12.7. The minimum Gasteiger partial charge on any atom is -0.507 e. The molecule has 0 unspecified atom stereocenters. The van der Waals surface area contributed by atoms with Crippen LogP contribution in [-0.4, -0.2) is 34.4 Å². The molecule has 3 aromatic rings. The van der Waals surface area contributed by atoms with E-state index < -0.39 is 5.91 Å². The number of nitrogens with zero attached hydrogens (tertiary/aromatic N) is 1. The molecule has 4 rings (SSSR count). The van der Waals surface area contributed by atoms with Crippen LogP contribution in [0, 0.1) is 0 Å². The Morgan fingerprint density at radius 3 is 2.34 bits per heavy atom. The number of fused-ring (bicyclic) bond motifs is 1. The number of phenols is 2. The van der Waals surface area contributed by atoms with Crippen molar-refractivity contribution in [2.75, 3.05) is 28.8 Å². The van der Waals surface area contributed by atoms with Crippen molar-refractivity contribution in [1.29, 1.82) is 0 Å². The molecule has 1 amide bonds. The van der Waals surface area contributed by atoms with Gasteiger partial charge >= 0.3 is 0 Å². The summed E-state index contributed by atoms with van der Waals surface area (Å²) in [6, 6.07) is 13.6. The van der Waals surface area contributed by atoms with Gasteiger partial charge in [0.1, 0.15) is 17.2 Å². The predicted molar refractivity (Wildman–Crippen MR) is 113 cm³/mol. The van der Waals surface area contributed by atoms with Crippen LogP contribution in [0.4, 0.5) is 17.1 Å². The van der Waals surface area contributed by atoms with Gasteiger partial charge in [0, 0.05) is 29.9 Å². The molecule has 1 saturated heterocycles. The number of hydrogen-bond donors (Lipinski definition) is 5. The Kier molecular flexibility index (Phi) is 5.14. The molecular formula is C22H23N3O4. The Hall–Kier alpha value is -3.45. The van der Waals surface area contributed by atoms with Crippen LogP contribution in [0.2, 0.25) is 0 Å². The fraction of sp³-hybridized carbons (Fsp3) is 0.227. The van der Waals surface area contributed by atoms with Crippen molar-refractivity contribution in [3.05, 3.63) is 54.1 Å². The first-order valence-electron chi connectivity index (χ1n) is 9.62. The van der Waals surface area contributed by atoms with Crippen molar-refractivity contribution in [2.24, 2.45) is 0 Å². The number of benzene rings is 3. The zero-order valence-electron chi connectivity index (χ0n) is 15.9. The second-order valence-corrected chi connectivity index (χ2v) is 7.21. The molecular weight excluding hydrogens is 370 g/mol. The molecule has 0 spiro atoms. The summed E-state index contributed by atoms with van der Waals surface area (Å²) in [4.78, 5) is 15.0. The summed E-state index contributed by atoms with van der Waals surface area (Å²) >= 11 is 0. The van der Waals surface area contributed by atoms with Gasteiger partial charge in [0.15, 0.2) is 0 Å². The lowest BCUT2D eigenvalue weighted by atomic mass is 10.0. The summed E-state index contributed by atoms with van der Waals surface area (Å²) in [7, 11) is 0. The van der Waals surface area contributed by atoms with E-state index >= 15 is 0 Å². The summed E-state index contributed by atoms with van der Waals surface area (Å²) < 4.78 is 0. The van der Waals surface area contributed by atoms with Gasteiger partial charge < -0.3 is 20.4 Å². The lowest BCUT2D eigenvalue weighted by Gasteiger charge is -2.28. The van der Waals surface area contributed by atoms with Gasteiger partial charge in [-0.1, -0.05) is 6.07 Å². The van der Waals surface area contributed by atoms with E-state index in [1.807, 2.05) is 29.7 Å². The molecule has 1 fully saturated rings. The highest BCUT2D eigenvalue weighted by Crippen LogP contribution is 2.36. The third kappa shape index (κ3) is 3.77. The Balaban J connectivity index is 1.55. The number of hydrogen-bond acceptors (Lipinski definition) is 6. The molecule has 1 aliphatic heterocycles. The fourth-order valence-electron chi connectivity index (χ4n) is 3.72. The third-order valence-corrected chi connectivity index (χ3v) is 5.32. The van der Waals surface area contributed by atoms with Crippen LogP contribution in [-0.2, 0) is 0 Å². The van der Waals surface area contributed by atoms with Crippen molar-refractivity contribution in [1.82, 2.24) is 0 Å². The maximum Gasteiger partial charge on any atom is 0.259 e. The Morgan fingerprint density at radius 1 is 0.931 bits per heavy atom. The van der Waals surface area contributed by atoms with E-state index in [0.717, 1.165) is 18.8 Å². The first kappa shape index (κ1) is 18.9. The number of carbonyl (C=O) groups is 1. The lowest BCUT2D eigenvalue weighted by Crippen LogP contribution is -2.29. The highest BCUT2D eigenvalue weighted by atomic mass is 16.5. The first-order chi connectivity index (χ1) is 14.1. The molecule has 29 heavy (non-hydrogen) atoms. The number of anilines is 3. The van der Waals surface area contributed by atoms with Gasteiger partial charge in [-0.3, -0.25) is 15.5 Å². The van der Waals surface area contributed by atoms with E-state index in [-0.39, 0.29) is 22.7 Å². The van der Waals surface area contributed by atoms with Gasteiger partial charge in [0.25, 0.3) is 5.91 Å². The summed E-state index contributed by atoms with van der Waals surface area (Å²) in [6.07, 6.45) is 3.67. The molecule has 5 N–H and O–H groups in total. The van der Waals surface area contributed by atoms with Crippen LogP contribution in [0.25, 0.3) is 10.8 Å². The molecule has 0 bridgehead atoms. The first-order valence-corrected chi connectivity index (χ1v) is 9.62. The average molecular weight is 393 g/mol. The molecule has 0 aromatic heterocycles. The van der Waals surface area contributed by atoms with Crippen molar-refractivity contribution in [3.63, 3.8) is 0 Å². The van der Waals surface area contributed by atoms with Gasteiger partial charge in [-0.05, 0) is 67.1 Å². The largest absolute Gasteiger partial charge is 0.507 e. The van der Waals surface area contributed by atoms with Gasteiger partial charge in [0.2, 0.25) is 0 Å². The number of carbonyl (C=O) groups excluding carboxylic acids is 1. The number of aromatic hydroxyl groups is 2. The summed E-state index contributed by atoms with van der Waals surface area (Å²) in [6.45, 7) is 2.11. The topological polar surface area (TPSA) is 105 Å². The van der Waals surface area contributed by atoms with Crippen LogP contribution in [0.15, 0.2) is 48.5 Å². The van der Waals surface area contributed by atoms with Crippen LogP contribution >= 0.6 is 0 Å². The van der Waals surface area contributed by atoms with Crippen LogP contribution in [0.5, 0.6) is 11.5 Å². The van der Waals surface area contributed by atoms with Gasteiger partial charge in [-0.15, -0.1) is 0 Å². The number of rotatable bonds is 4. The molecule has 7 heteroatoms. The molecule has 0 aliphatic carbocycles. The number of phenolic OH excluding ortho intramolecular Hbond substituents is 2. The SMILES string of the molecule is O=C(Nc1ccc(N2CCCCC2)cc1)c1cc2ccc(NO)c(O)c2cc1O. The predicted octanol–water partition coefficient (Wildman–Crippen LogP) is 4.29. The van der Waals surface area contributed by atoms with E-state index in [1.54, 1.807) is 6.07 Å². The van der Waals surface area contributed by atoms with E-state index in [9.17, 15) is 15.0 Å². The zero-order chi connectivity index (χ0) is 20.4. The van der Waals surface area contributed by atoms with Crippen LogP contribution in [0.3, 0.4) is 0 Å². The Bertz CT molecular complexity index is 1040. The number of amides is 1. The van der Waals surface area contributed by atoms with E-state index in [2.05, 4.69) is 10.2 Å². The van der Waals surface area contributed by atoms with Gasteiger partial charge in [-0.25, -0.2) is 0 Å². The summed E-state index contributed by atoms with van der Waals surface area (Å²) in [5.74, 6) is -0.912. The van der Waals surface area contributed by atoms with Gasteiger partial charge in [-0.2, -0.15) is 0 Å². The molecule has 0 radical (unpaired) electrons. The zero-order valence-corrected chi connectivity index (χ0v) is 15.9. The fourth-order valence-corrected chi connectivity index (χ4v) is 3.72.